The van der Waals surface area contributed by atoms with Crippen molar-refractivity contribution in [2.24, 2.45) is 0 Å². The van der Waals surface area contributed by atoms with E-state index < -0.39 is 27.9 Å². The van der Waals surface area contributed by atoms with Gasteiger partial charge in [-0.1, -0.05) is 18.5 Å². The molecule has 1 atom stereocenters. The summed E-state index contributed by atoms with van der Waals surface area (Å²) in [6.07, 6.45) is 2.72. The van der Waals surface area contributed by atoms with Crippen LogP contribution in [-0.4, -0.2) is 48.9 Å². The minimum atomic E-state index is -3.92. The second-order valence-corrected chi connectivity index (χ2v) is 9.31. The summed E-state index contributed by atoms with van der Waals surface area (Å²) in [4.78, 5) is 24.9. The number of esters is 1. The molecule has 2 aromatic rings. The molecule has 0 unspecified atom stereocenters. The van der Waals surface area contributed by atoms with Gasteiger partial charge in [0, 0.05) is 12.2 Å². The molecule has 1 aromatic carbocycles. The highest BCUT2D eigenvalue weighted by molar-refractivity contribution is 7.89. The molecule has 1 fully saturated rings. The number of benzene rings is 1. The fraction of sp³-hybridized carbons (Fsp3) is 0.476. The first-order valence-electron chi connectivity index (χ1n) is 10.3. The monoisotopic (exact) mass is 449 g/mol. The van der Waals surface area contributed by atoms with Crippen LogP contribution in [0.2, 0.25) is 0 Å². The summed E-state index contributed by atoms with van der Waals surface area (Å²) in [6.45, 7) is 5.71. The van der Waals surface area contributed by atoms with E-state index in [0.29, 0.717) is 30.7 Å². The van der Waals surface area contributed by atoms with E-state index in [2.05, 4.69) is 10.5 Å². The Morgan fingerprint density at radius 2 is 1.97 bits per heavy atom. The van der Waals surface area contributed by atoms with Crippen molar-refractivity contribution in [1.29, 1.82) is 0 Å². The van der Waals surface area contributed by atoms with Crippen molar-refractivity contribution in [3.63, 3.8) is 0 Å². The van der Waals surface area contributed by atoms with Crippen LogP contribution >= 0.6 is 0 Å². The van der Waals surface area contributed by atoms with E-state index in [9.17, 15) is 18.0 Å². The fourth-order valence-electron chi connectivity index (χ4n) is 3.56. The third-order valence-electron chi connectivity index (χ3n) is 5.16. The Kier molecular flexibility index (Phi) is 7.11. The van der Waals surface area contributed by atoms with Gasteiger partial charge in [0.15, 0.2) is 5.76 Å². The van der Waals surface area contributed by atoms with Crippen LogP contribution < -0.4 is 5.32 Å². The Morgan fingerprint density at radius 3 is 2.58 bits per heavy atom. The number of sulfonamides is 1. The molecule has 3 rings (SSSR count). The number of anilines is 1. The molecule has 0 bridgehead atoms. The number of hydrogen-bond donors (Lipinski definition) is 1. The lowest BCUT2D eigenvalue weighted by Crippen LogP contribution is -2.43. The topological polar surface area (TPSA) is 119 Å². The van der Waals surface area contributed by atoms with Crippen molar-refractivity contribution >= 4 is 27.6 Å². The molecule has 9 nitrogen and oxygen atoms in total. The van der Waals surface area contributed by atoms with E-state index in [0.717, 1.165) is 12.8 Å². The Bertz CT molecular complexity index is 1030. The normalized spacial score (nSPS) is 16.9. The molecule has 1 aromatic heterocycles. The Morgan fingerprint density at radius 1 is 1.26 bits per heavy atom. The van der Waals surface area contributed by atoms with Crippen molar-refractivity contribution in [3.8, 4) is 0 Å². The highest BCUT2D eigenvalue weighted by Crippen LogP contribution is 2.30. The van der Waals surface area contributed by atoms with Gasteiger partial charge in [0.2, 0.25) is 15.9 Å². The molecule has 0 spiro atoms. The summed E-state index contributed by atoms with van der Waals surface area (Å²) in [5.74, 6) is -0.644. The molecular weight excluding hydrogens is 422 g/mol. The Hall–Kier alpha value is -2.72. The maximum atomic E-state index is 13.1. The molecular formula is C21H27N3O6S. The summed E-state index contributed by atoms with van der Waals surface area (Å²) in [6, 6.07) is 5.48. The van der Waals surface area contributed by atoms with Gasteiger partial charge in [-0.3, -0.25) is 4.79 Å². The molecule has 168 valence electrons. The number of carbonyl (C=O) groups is 2. The molecule has 1 aliphatic rings. The van der Waals surface area contributed by atoms with Gasteiger partial charge in [-0.05, 0) is 57.4 Å². The van der Waals surface area contributed by atoms with Gasteiger partial charge < -0.3 is 14.6 Å². The van der Waals surface area contributed by atoms with Crippen LogP contribution in [0, 0.1) is 13.8 Å². The third kappa shape index (κ3) is 4.96. The zero-order chi connectivity index (χ0) is 22.6. The summed E-state index contributed by atoms with van der Waals surface area (Å²) in [7, 11) is -3.92. The minimum Gasteiger partial charge on any atom is -0.462 e. The van der Waals surface area contributed by atoms with Gasteiger partial charge in [-0.25, -0.2) is 13.2 Å². The minimum absolute atomic E-state index is 0.0122. The van der Waals surface area contributed by atoms with E-state index in [1.807, 2.05) is 6.92 Å². The van der Waals surface area contributed by atoms with Crippen LogP contribution in [0.4, 0.5) is 5.69 Å². The number of nitrogens with zero attached hydrogens (tertiary/aromatic N) is 2. The molecule has 0 saturated carbocycles. The van der Waals surface area contributed by atoms with Gasteiger partial charge in [-0.2, -0.15) is 4.31 Å². The second kappa shape index (κ2) is 9.61. The number of nitrogens with one attached hydrogen (secondary N) is 1. The molecule has 0 aliphatic carbocycles. The molecule has 0 radical (unpaired) electrons. The third-order valence-corrected chi connectivity index (χ3v) is 7.31. The quantitative estimate of drug-likeness (QED) is 0.486. The van der Waals surface area contributed by atoms with Crippen molar-refractivity contribution in [3.05, 3.63) is 41.3 Å². The van der Waals surface area contributed by atoms with Crippen molar-refractivity contribution in [1.82, 2.24) is 9.46 Å². The van der Waals surface area contributed by atoms with Crippen LogP contribution in [0.15, 0.2) is 33.7 Å². The largest absolute Gasteiger partial charge is 0.462 e. The molecule has 31 heavy (non-hydrogen) atoms. The van der Waals surface area contributed by atoms with Crippen LogP contribution in [0.5, 0.6) is 0 Å². The number of unbranched alkanes of at least 4 members (excludes halogenated alkanes) is 1. The number of ether oxygens (including phenoxy) is 1. The predicted octanol–water partition coefficient (Wildman–Crippen LogP) is 3.04. The SMILES string of the molecule is CCCCOC(=O)c1ccc(NC(=O)[C@@H]2CCCN2S(=O)(=O)c2c(C)noc2C)cc1. The Balaban J connectivity index is 1.69. The first-order valence-corrected chi connectivity index (χ1v) is 11.7. The van der Waals surface area contributed by atoms with Gasteiger partial charge >= 0.3 is 5.97 Å². The van der Waals surface area contributed by atoms with E-state index in [-0.39, 0.29) is 22.9 Å². The number of carbonyl (C=O) groups excluding carboxylic acids is 2. The predicted molar refractivity (Wildman–Crippen MR) is 113 cm³/mol. The van der Waals surface area contributed by atoms with Crippen molar-refractivity contribution in [2.75, 3.05) is 18.5 Å². The van der Waals surface area contributed by atoms with Gasteiger partial charge in [-0.15, -0.1) is 0 Å². The summed E-state index contributed by atoms with van der Waals surface area (Å²) in [5.41, 5.74) is 1.12. The maximum absolute atomic E-state index is 13.1. The molecule has 1 saturated heterocycles. The summed E-state index contributed by atoms with van der Waals surface area (Å²) < 4.78 is 37.6. The highest BCUT2D eigenvalue weighted by Gasteiger charge is 2.41. The first-order chi connectivity index (χ1) is 14.8. The number of aromatic nitrogens is 1. The lowest BCUT2D eigenvalue weighted by molar-refractivity contribution is -0.119. The highest BCUT2D eigenvalue weighted by atomic mass is 32.2. The van der Waals surface area contributed by atoms with Crippen molar-refractivity contribution < 1.29 is 27.3 Å². The fourth-order valence-corrected chi connectivity index (χ4v) is 5.51. The first kappa shape index (κ1) is 23.0. The number of amides is 1. The number of hydrogen-bond acceptors (Lipinski definition) is 7. The van der Waals surface area contributed by atoms with Crippen LogP contribution in [0.1, 0.15) is 54.4 Å². The van der Waals surface area contributed by atoms with Crippen LogP contribution in [-0.2, 0) is 19.6 Å². The van der Waals surface area contributed by atoms with Gasteiger partial charge in [0.25, 0.3) is 0 Å². The van der Waals surface area contributed by atoms with E-state index in [4.69, 9.17) is 9.26 Å². The molecule has 2 heterocycles. The molecule has 1 amide bonds. The average molecular weight is 450 g/mol. The lowest BCUT2D eigenvalue weighted by Gasteiger charge is -2.23. The Labute approximate surface area is 181 Å². The zero-order valence-electron chi connectivity index (χ0n) is 17.9. The van der Waals surface area contributed by atoms with E-state index in [1.54, 1.807) is 31.2 Å². The number of rotatable bonds is 8. The van der Waals surface area contributed by atoms with E-state index in [1.165, 1.54) is 11.2 Å². The van der Waals surface area contributed by atoms with Crippen LogP contribution in [0.3, 0.4) is 0 Å². The zero-order valence-corrected chi connectivity index (χ0v) is 18.7. The number of aryl methyl sites for hydroxylation is 2. The summed E-state index contributed by atoms with van der Waals surface area (Å²) >= 11 is 0. The smallest absolute Gasteiger partial charge is 0.338 e. The van der Waals surface area contributed by atoms with Gasteiger partial charge in [0.05, 0.1) is 12.2 Å². The standard InChI is InChI=1S/C21H27N3O6S/c1-4-5-13-29-21(26)16-8-10-17(11-9-16)22-20(25)18-7-6-12-24(18)31(27,28)19-14(2)23-30-15(19)3/h8-11,18H,4-7,12-13H2,1-3H3,(H,22,25)/t18-/m0/s1. The lowest BCUT2D eigenvalue weighted by atomic mass is 10.2. The van der Waals surface area contributed by atoms with Crippen LogP contribution in [0.25, 0.3) is 0 Å². The second-order valence-electron chi connectivity index (χ2n) is 7.48. The summed E-state index contributed by atoms with van der Waals surface area (Å²) in [5, 5.41) is 6.46. The van der Waals surface area contributed by atoms with E-state index >= 15 is 0 Å². The molecule has 1 N–H and O–H groups in total. The maximum Gasteiger partial charge on any atom is 0.338 e. The van der Waals surface area contributed by atoms with Gasteiger partial charge in [0.1, 0.15) is 16.6 Å². The molecule has 1 aliphatic heterocycles. The van der Waals surface area contributed by atoms with Crippen molar-refractivity contribution in [2.45, 2.75) is 57.4 Å². The average Bonchev–Trinajstić information content (AvgIpc) is 3.36. The molecule has 10 heteroatoms.